The number of ketones is 1. The molecule has 0 bridgehead atoms. The number of carbonyl (C=O) groups excluding carboxylic acids is 1. The normalized spacial score (nSPS) is 17.7. The number of alkyl halides is 3. The van der Waals surface area contributed by atoms with Crippen LogP contribution in [0.15, 0.2) is 24.3 Å². The Morgan fingerprint density at radius 3 is 2.47 bits per heavy atom. The Hall–Kier alpha value is -1.56. The molecule has 0 saturated heterocycles. The lowest BCUT2D eigenvalue weighted by molar-refractivity contribution is -0.274. The van der Waals surface area contributed by atoms with Crippen molar-refractivity contribution in [1.82, 2.24) is 0 Å². The van der Waals surface area contributed by atoms with Crippen LogP contribution in [-0.4, -0.2) is 24.9 Å². The summed E-state index contributed by atoms with van der Waals surface area (Å²) in [6.07, 6.45) is -2.71. The first-order valence-electron chi connectivity index (χ1n) is 5.82. The van der Waals surface area contributed by atoms with Gasteiger partial charge >= 0.3 is 6.36 Å². The molecule has 6 heteroatoms. The van der Waals surface area contributed by atoms with Crippen molar-refractivity contribution in [3.63, 3.8) is 0 Å². The number of rotatable bonds is 4. The van der Waals surface area contributed by atoms with E-state index in [-0.39, 0.29) is 11.3 Å². The first-order chi connectivity index (χ1) is 8.86. The van der Waals surface area contributed by atoms with Crippen LogP contribution in [-0.2, 0) is 4.74 Å². The molecule has 19 heavy (non-hydrogen) atoms. The summed E-state index contributed by atoms with van der Waals surface area (Å²) in [5.74, 6) is -0.696. The van der Waals surface area contributed by atoms with Gasteiger partial charge in [-0.15, -0.1) is 13.2 Å². The molecule has 2 rings (SSSR count). The predicted molar refractivity (Wildman–Crippen MR) is 61.0 cm³/mol. The first-order valence-corrected chi connectivity index (χ1v) is 5.82. The third-order valence-electron chi connectivity index (χ3n) is 3.30. The fraction of sp³-hybridized carbons (Fsp3) is 0.462. The van der Waals surface area contributed by atoms with Gasteiger partial charge in [0.2, 0.25) is 0 Å². The Morgan fingerprint density at radius 1 is 1.32 bits per heavy atom. The van der Waals surface area contributed by atoms with Gasteiger partial charge < -0.3 is 9.47 Å². The molecule has 0 aromatic heterocycles. The number of methoxy groups -OCH3 is 1. The van der Waals surface area contributed by atoms with Crippen LogP contribution < -0.4 is 4.74 Å². The van der Waals surface area contributed by atoms with Gasteiger partial charge in [-0.1, -0.05) is 12.1 Å². The van der Waals surface area contributed by atoms with E-state index in [4.69, 9.17) is 4.74 Å². The zero-order valence-electron chi connectivity index (χ0n) is 10.3. The van der Waals surface area contributed by atoms with E-state index in [9.17, 15) is 18.0 Å². The van der Waals surface area contributed by atoms with Gasteiger partial charge in [-0.3, -0.25) is 4.79 Å². The monoisotopic (exact) mass is 274 g/mol. The Labute approximate surface area is 108 Å². The van der Waals surface area contributed by atoms with E-state index in [0.29, 0.717) is 12.8 Å². The Bertz CT molecular complexity index is 473. The second-order valence-corrected chi connectivity index (χ2v) is 4.46. The SMILES string of the molecule is COC1(C(=O)c2cccc(OC(F)(F)F)c2)CCC1. The van der Waals surface area contributed by atoms with E-state index in [1.54, 1.807) is 0 Å². The molecular weight excluding hydrogens is 261 g/mol. The molecule has 1 fully saturated rings. The summed E-state index contributed by atoms with van der Waals surface area (Å²) in [7, 11) is 1.44. The lowest BCUT2D eigenvalue weighted by Crippen LogP contribution is -2.47. The molecule has 0 unspecified atom stereocenters. The standard InChI is InChI=1S/C13H13F3O3/c1-18-12(6-3-7-12)11(17)9-4-2-5-10(8-9)19-13(14,15)16/h2,4-5,8H,3,6-7H2,1H3. The molecule has 0 radical (unpaired) electrons. The van der Waals surface area contributed by atoms with Gasteiger partial charge in [0.15, 0.2) is 5.78 Å². The van der Waals surface area contributed by atoms with E-state index < -0.39 is 17.7 Å². The number of Topliss-reactive ketones (excluding diaryl/α,β-unsaturated/α-hetero) is 1. The molecule has 0 N–H and O–H groups in total. The molecule has 0 amide bonds. The fourth-order valence-electron chi connectivity index (χ4n) is 2.12. The van der Waals surface area contributed by atoms with E-state index >= 15 is 0 Å². The molecular formula is C13H13F3O3. The zero-order valence-corrected chi connectivity index (χ0v) is 10.3. The minimum atomic E-state index is -4.77. The number of hydrogen-bond donors (Lipinski definition) is 0. The maximum absolute atomic E-state index is 12.2. The molecule has 0 aliphatic heterocycles. The minimum absolute atomic E-state index is 0.170. The van der Waals surface area contributed by atoms with Crippen molar-refractivity contribution in [2.75, 3.05) is 7.11 Å². The number of benzene rings is 1. The molecule has 0 heterocycles. The zero-order chi connectivity index (χ0) is 14.1. The molecule has 3 nitrogen and oxygen atoms in total. The van der Waals surface area contributed by atoms with Gasteiger partial charge in [-0.2, -0.15) is 0 Å². The smallest absolute Gasteiger partial charge is 0.406 e. The van der Waals surface area contributed by atoms with Crippen LogP contribution in [0.25, 0.3) is 0 Å². The van der Waals surface area contributed by atoms with Crippen LogP contribution in [0.2, 0.25) is 0 Å². The maximum atomic E-state index is 12.2. The lowest BCUT2D eigenvalue weighted by atomic mass is 9.75. The lowest BCUT2D eigenvalue weighted by Gasteiger charge is -2.38. The third kappa shape index (κ3) is 2.89. The van der Waals surface area contributed by atoms with Gasteiger partial charge in [0.25, 0.3) is 0 Å². The Balaban J connectivity index is 2.21. The van der Waals surface area contributed by atoms with Crippen LogP contribution in [0.5, 0.6) is 5.75 Å². The molecule has 1 aliphatic carbocycles. The fourth-order valence-corrected chi connectivity index (χ4v) is 2.12. The highest BCUT2D eigenvalue weighted by Crippen LogP contribution is 2.38. The van der Waals surface area contributed by atoms with Gasteiger partial charge in [-0.05, 0) is 31.4 Å². The highest BCUT2D eigenvalue weighted by Gasteiger charge is 2.44. The maximum Gasteiger partial charge on any atom is 0.573 e. The Kier molecular flexibility index (Phi) is 3.54. The second-order valence-electron chi connectivity index (χ2n) is 4.46. The highest BCUT2D eigenvalue weighted by molar-refractivity contribution is 6.03. The summed E-state index contributed by atoms with van der Waals surface area (Å²) in [5.41, 5.74) is -0.708. The molecule has 104 valence electrons. The van der Waals surface area contributed by atoms with Crippen molar-refractivity contribution in [2.45, 2.75) is 31.2 Å². The summed E-state index contributed by atoms with van der Waals surface area (Å²) in [6, 6.07) is 5.07. The highest BCUT2D eigenvalue weighted by atomic mass is 19.4. The van der Waals surface area contributed by atoms with Crippen LogP contribution in [0.4, 0.5) is 13.2 Å². The first kappa shape index (κ1) is 13.9. The van der Waals surface area contributed by atoms with E-state index in [2.05, 4.69) is 4.74 Å². The van der Waals surface area contributed by atoms with Gasteiger partial charge in [0, 0.05) is 12.7 Å². The van der Waals surface area contributed by atoms with Gasteiger partial charge in [0.1, 0.15) is 11.4 Å². The molecule has 1 aliphatic rings. The predicted octanol–water partition coefficient (Wildman–Crippen LogP) is 3.34. The summed E-state index contributed by atoms with van der Waals surface area (Å²) < 4.78 is 45.4. The van der Waals surface area contributed by atoms with Crippen LogP contribution in [0.1, 0.15) is 29.6 Å². The number of halogens is 3. The van der Waals surface area contributed by atoms with Crippen molar-refractivity contribution in [3.8, 4) is 5.75 Å². The largest absolute Gasteiger partial charge is 0.573 e. The topological polar surface area (TPSA) is 35.5 Å². The van der Waals surface area contributed by atoms with Gasteiger partial charge in [-0.25, -0.2) is 0 Å². The molecule has 1 aromatic rings. The molecule has 0 atom stereocenters. The number of hydrogen-bond acceptors (Lipinski definition) is 3. The third-order valence-corrected chi connectivity index (χ3v) is 3.30. The average Bonchev–Trinajstić information content (AvgIpc) is 2.26. The number of carbonyl (C=O) groups is 1. The average molecular weight is 274 g/mol. The van der Waals surface area contributed by atoms with E-state index in [0.717, 1.165) is 18.6 Å². The summed E-state index contributed by atoms with van der Waals surface area (Å²) >= 11 is 0. The van der Waals surface area contributed by atoms with E-state index in [1.165, 1.54) is 19.2 Å². The van der Waals surface area contributed by atoms with Crippen molar-refractivity contribution in [1.29, 1.82) is 0 Å². The van der Waals surface area contributed by atoms with Crippen molar-refractivity contribution in [3.05, 3.63) is 29.8 Å². The molecule has 0 spiro atoms. The second kappa shape index (κ2) is 4.85. The van der Waals surface area contributed by atoms with Crippen molar-refractivity contribution >= 4 is 5.78 Å². The summed E-state index contributed by atoms with van der Waals surface area (Å²) in [5, 5.41) is 0. The number of ether oxygens (including phenoxy) is 2. The molecule has 1 saturated carbocycles. The summed E-state index contributed by atoms with van der Waals surface area (Å²) in [6.45, 7) is 0. The van der Waals surface area contributed by atoms with Crippen molar-refractivity contribution in [2.24, 2.45) is 0 Å². The van der Waals surface area contributed by atoms with Crippen LogP contribution in [0, 0.1) is 0 Å². The minimum Gasteiger partial charge on any atom is -0.406 e. The van der Waals surface area contributed by atoms with Crippen LogP contribution in [0.3, 0.4) is 0 Å². The van der Waals surface area contributed by atoms with Crippen molar-refractivity contribution < 1.29 is 27.4 Å². The molecule has 1 aromatic carbocycles. The van der Waals surface area contributed by atoms with Crippen LogP contribution >= 0.6 is 0 Å². The Morgan fingerprint density at radius 2 is 2.00 bits per heavy atom. The van der Waals surface area contributed by atoms with E-state index in [1.807, 2.05) is 0 Å². The quantitative estimate of drug-likeness (QED) is 0.790. The summed E-state index contributed by atoms with van der Waals surface area (Å²) in [4.78, 5) is 12.2. The van der Waals surface area contributed by atoms with Gasteiger partial charge in [0.05, 0.1) is 0 Å².